The van der Waals surface area contributed by atoms with Gasteiger partial charge in [0, 0.05) is 15.7 Å². The molecule has 0 saturated heterocycles. The summed E-state index contributed by atoms with van der Waals surface area (Å²) in [6, 6.07) is 15.5. The maximum atomic E-state index is 12.3. The second kappa shape index (κ2) is 4.21. The molecule has 0 aromatic heterocycles. The second-order valence-corrected chi connectivity index (χ2v) is 6.18. The van der Waals surface area contributed by atoms with Crippen LogP contribution in [0.2, 0.25) is 0 Å². The first kappa shape index (κ1) is 11.9. The number of carbonyl (C=O) groups is 1. The molecule has 1 aliphatic heterocycles. The van der Waals surface area contributed by atoms with Gasteiger partial charge in [0.1, 0.15) is 0 Å². The van der Waals surface area contributed by atoms with Crippen molar-refractivity contribution in [2.75, 3.05) is 5.32 Å². The zero-order valence-corrected chi connectivity index (χ0v) is 12.5. The summed E-state index contributed by atoms with van der Waals surface area (Å²) in [7, 11) is 0. The molecule has 1 aliphatic rings. The molecule has 0 bridgehead atoms. The predicted octanol–water partition coefficient (Wildman–Crippen LogP) is 4.04. The van der Waals surface area contributed by atoms with Crippen molar-refractivity contribution in [2.45, 2.75) is 4.32 Å². The highest BCUT2D eigenvalue weighted by molar-refractivity contribution is 9.11. The van der Waals surface area contributed by atoms with Crippen molar-refractivity contribution in [3.8, 4) is 0 Å². The van der Waals surface area contributed by atoms with E-state index in [-0.39, 0.29) is 5.91 Å². The molecule has 1 N–H and O–H groups in total. The largest absolute Gasteiger partial charge is 0.324 e. The van der Waals surface area contributed by atoms with Crippen LogP contribution in [0.4, 0.5) is 5.69 Å². The maximum Gasteiger partial charge on any atom is 0.250 e. The van der Waals surface area contributed by atoms with Gasteiger partial charge in [0.05, 0.1) is 0 Å². The number of hydrogen-bond donors (Lipinski definition) is 1. The Bertz CT molecular complexity index is 641. The molecule has 0 spiro atoms. The number of amides is 1. The van der Waals surface area contributed by atoms with Crippen LogP contribution in [-0.4, -0.2) is 5.91 Å². The molecule has 1 atom stereocenters. The fourth-order valence-corrected chi connectivity index (χ4v) is 3.87. The van der Waals surface area contributed by atoms with Gasteiger partial charge in [0.15, 0.2) is 4.32 Å². The van der Waals surface area contributed by atoms with E-state index in [9.17, 15) is 4.79 Å². The first-order valence-corrected chi connectivity index (χ1v) is 7.07. The zero-order valence-electron chi connectivity index (χ0n) is 9.28. The van der Waals surface area contributed by atoms with E-state index in [0.717, 1.165) is 21.3 Å². The first-order chi connectivity index (χ1) is 8.64. The minimum Gasteiger partial charge on any atom is -0.324 e. The van der Waals surface area contributed by atoms with Gasteiger partial charge in [-0.15, -0.1) is 0 Å². The van der Waals surface area contributed by atoms with Crippen LogP contribution in [0.3, 0.4) is 0 Å². The van der Waals surface area contributed by atoms with Crippen LogP contribution in [0.1, 0.15) is 11.1 Å². The highest BCUT2D eigenvalue weighted by Crippen LogP contribution is 2.49. The molecule has 0 fully saturated rings. The molecule has 0 radical (unpaired) electrons. The van der Waals surface area contributed by atoms with Gasteiger partial charge in [-0.05, 0) is 17.7 Å². The number of rotatable bonds is 1. The second-order valence-electron chi connectivity index (χ2n) is 4.14. The monoisotopic (exact) mass is 365 g/mol. The Labute approximate surface area is 122 Å². The van der Waals surface area contributed by atoms with Crippen molar-refractivity contribution in [3.05, 3.63) is 64.1 Å². The Balaban J connectivity index is 2.27. The number of carbonyl (C=O) groups excluding carboxylic acids is 1. The van der Waals surface area contributed by atoms with Crippen LogP contribution >= 0.6 is 31.9 Å². The molecular formula is C14H9Br2NO. The van der Waals surface area contributed by atoms with Crippen LogP contribution in [0.15, 0.2) is 53.0 Å². The van der Waals surface area contributed by atoms with Gasteiger partial charge in [-0.3, -0.25) is 4.79 Å². The molecule has 4 heteroatoms. The Morgan fingerprint density at radius 1 is 0.944 bits per heavy atom. The predicted molar refractivity (Wildman–Crippen MR) is 78.9 cm³/mol. The third kappa shape index (κ3) is 1.56. The lowest BCUT2D eigenvalue weighted by Crippen LogP contribution is -2.29. The Morgan fingerprint density at radius 2 is 1.56 bits per heavy atom. The number of alkyl halides is 1. The average Bonchev–Trinajstić information content (AvgIpc) is 2.63. The van der Waals surface area contributed by atoms with Crippen LogP contribution in [-0.2, 0) is 9.12 Å². The smallest absolute Gasteiger partial charge is 0.250 e. The molecule has 18 heavy (non-hydrogen) atoms. The third-order valence-electron chi connectivity index (χ3n) is 3.10. The van der Waals surface area contributed by atoms with E-state index in [0.29, 0.717) is 0 Å². The van der Waals surface area contributed by atoms with Crippen molar-refractivity contribution in [1.82, 2.24) is 0 Å². The Morgan fingerprint density at radius 3 is 2.28 bits per heavy atom. The average molecular weight is 367 g/mol. The SMILES string of the molecule is O=C1Nc2ccccc2C1(Br)c1ccccc1Br. The fourth-order valence-electron chi connectivity index (χ4n) is 2.23. The normalized spacial score (nSPS) is 21.6. The van der Waals surface area contributed by atoms with Gasteiger partial charge in [0.25, 0.3) is 0 Å². The van der Waals surface area contributed by atoms with Gasteiger partial charge in [-0.25, -0.2) is 0 Å². The van der Waals surface area contributed by atoms with E-state index in [2.05, 4.69) is 37.2 Å². The molecular weight excluding hydrogens is 358 g/mol. The summed E-state index contributed by atoms with van der Waals surface area (Å²) < 4.78 is 0.0951. The summed E-state index contributed by atoms with van der Waals surface area (Å²) in [6.07, 6.45) is 0. The van der Waals surface area contributed by atoms with Crippen LogP contribution < -0.4 is 5.32 Å². The quantitative estimate of drug-likeness (QED) is 0.758. The topological polar surface area (TPSA) is 29.1 Å². The number of nitrogens with one attached hydrogen (secondary N) is 1. The van der Waals surface area contributed by atoms with Gasteiger partial charge in [0.2, 0.25) is 5.91 Å². The Kier molecular flexibility index (Phi) is 2.79. The molecule has 2 aromatic carbocycles. The van der Waals surface area contributed by atoms with Crippen LogP contribution in [0, 0.1) is 0 Å². The van der Waals surface area contributed by atoms with E-state index >= 15 is 0 Å². The molecule has 2 aromatic rings. The van der Waals surface area contributed by atoms with Crippen molar-refractivity contribution >= 4 is 43.5 Å². The van der Waals surface area contributed by atoms with Crippen LogP contribution in [0.5, 0.6) is 0 Å². The lowest BCUT2D eigenvalue weighted by Gasteiger charge is -2.22. The van der Waals surface area contributed by atoms with Crippen molar-refractivity contribution < 1.29 is 4.79 Å². The molecule has 90 valence electrons. The minimum absolute atomic E-state index is 0.0596. The van der Waals surface area contributed by atoms with E-state index in [4.69, 9.17) is 0 Å². The first-order valence-electron chi connectivity index (χ1n) is 5.49. The van der Waals surface area contributed by atoms with Gasteiger partial charge in [-0.2, -0.15) is 0 Å². The van der Waals surface area contributed by atoms with Crippen LogP contribution in [0.25, 0.3) is 0 Å². The van der Waals surface area contributed by atoms with Gasteiger partial charge in [-0.1, -0.05) is 68.3 Å². The number of fused-ring (bicyclic) bond motifs is 1. The molecule has 1 unspecified atom stereocenters. The highest BCUT2D eigenvalue weighted by Gasteiger charge is 2.46. The number of hydrogen-bond acceptors (Lipinski definition) is 1. The summed E-state index contributed by atoms with van der Waals surface area (Å²) >= 11 is 7.14. The van der Waals surface area contributed by atoms with E-state index in [1.165, 1.54) is 0 Å². The van der Waals surface area contributed by atoms with E-state index < -0.39 is 4.32 Å². The zero-order chi connectivity index (χ0) is 12.8. The fraction of sp³-hybridized carbons (Fsp3) is 0.0714. The summed E-state index contributed by atoms with van der Waals surface area (Å²) in [4.78, 5) is 12.3. The Hall–Kier alpha value is -1.13. The highest BCUT2D eigenvalue weighted by atomic mass is 79.9. The number of anilines is 1. The third-order valence-corrected chi connectivity index (χ3v) is 5.01. The molecule has 1 heterocycles. The van der Waals surface area contributed by atoms with Crippen molar-refractivity contribution in [2.24, 2.45) is 0 Å². The molecule has 3 rings (SSSR count). The maximum absolute atomic E-state index is 12.3. The molecule has 2 nitrogen and oxygen atoms in total. The standard InChI is InChI=1S/C14H9Br2NO/c15-11-7-3-1-5-9(11)14(16)10-6-2-4-8-12(10)17-13(14)18/h1-8H,(H,17,18). The summed E-state index contributed by atoms with van der Waals surface area (Å²) in [5.41, 5.74) is 2.71. The van der Waals surface area contributed by atoms with Gasteiger partial charge < -0.3 is 5.32 Å². The van der Waals surface area contributed by atoms with Crippen molar-refractivity contribution in [3.63, 3.8) is 0 Å². The lowest BCUT2D eigenvalue weighted by molar-refractivity contribution is -0.116. The number of halogens is 2. The summed E-state index contributed by atoms with van der Waals surface area (Å²) in [5.74, 6) is -0.0596. The van der Waals surface area contributed by atoms with Gasteiger partial charge >= 0.3 is 0 Å². The van der Waals surface area contributed by atoms with Crippen molar-refractivity contribution in [1.29, 1.82) is 0 Å². The lowest BCUT2D eigenvalue weighted by atomic mass is 9.92. The molecule has 1 amide bonds. The summed E-state index contributed by atoms with van der Waals surface area (Å²) in [6.45, 7) is 0. The van der Waals surface area contributed by atoms with E-state index in [1.807, 2.05) is 48.5 Å². The number of para-hydroxylation sites is 1. The number of benzene rings is 2. The minimum atomic E-state index is -0.816. The molecule has 0 saturated carbocycles. The molecule has 0 aliphatic carbocycles. The van der Waals surface area contributed by atoms with E-state index in [1.54, 1.807) is 0 Å². The summed E-state index contributed by atoms with van der Waals surface area (Å²) in [5, 5.41) is 2.91.